The van der Waals surface area contributed by atoms with Crippen molar-refractivity contribution in [2.24, 2.45) is 5.73 Å². The molecule has 0 aliphatic rings. The van der Waals surface area contributed by atoms with E-state index in [1.54, 1.807) is 39.0 Å². The van der Waals surface area contributed by atoms with E-state index < -0.39 is 12.7 Å². The van der Waals surface area contributed by atoms with Crippen LogP contribution in [-0.4, -0.2) is 24.6 Å². The number of rotatable bonds is 4. The maximum atomic E-state index is 12.6. The van der Waals surface area contributed by atoms with Crippen LogP contribution in [0.1, 0.15) is 25.0 Å². The van der Waals surface area contributed by atoms with E-state index in [2.05, 4.69) is 0 Å². The standard InChI is InChI=1S/C13H18F3N3/c1-8(2)19(7-13(14,15)16)11-5-4-9(3)6-10(11)12(17)18/h4-6,8H,7H2,1-3H3,(H3,17,18). The van der Waals surface area contributed by atoms with Gasteiger partial charge >= 0.3 is 6.18 Å². The zero-order valence-corrected chi connectivity index (χ0v) is 11.2. The van der Waals surface area contributed by atoms with Gasteiger partial charge < -0.3 is 10.6 Å². The van der Waals surface area contributed by atoms with Crippen LogP contribution in [0, 0.1) is 12.3 Å². The summed E-state index contributed by atoms with van der Waals surface area (Å²) in [5.74, 6) is -0.230. The van der Waals surface area contributed by atoms with Crippen molar-refractivity contribution in [3.05, 3.63) is 29.3 Å². The Balaban J connectivity index is 3.27. The molecule has 19 heavy (non-hydrogen) atoms. The van der Waals surface area contributed by atoms with Crippen molar-refractivity contribution in [2.45, 2.75) is 33.0 Å². The number of halogens is 3. The fourth-order valence-corrected chi connectivity index (χ4v) is 1.86. The van der Waals surface area contributed by atoms with Gasteiger partial charge in [0.2, 0.25) is 0 Å². The van der Waals surface area contributed by atoms with Gasteiger partial charge in [0.15, 0.2) is 0 Å². The third-order valence-corrected chi connectivity index (χ3v) is 2.72. The molecule has 0 fully saturated rings. The minimum Gasteiger partial charge on any atom is -0.384 e. The van der Waals surface area contributed by atoms with Crippen LogP contribution in [0.15, 0.2) is 18.2 Å². The van der Waals surface area contributed by atoms with Crippen LogP contribution in [0.25, 0.3) is 0 Å². The lowest BCUT2D eigenvalue weighted by Crippen LogP contribution is -2.40. The van der Waals surface area contributed by atoms with E-state index in [9.17, 15) is 13.2 Å². The number of benzene rings is 1. The number of alkyl halides is 3. The van der Waals surface area contributed by atoms with Crippen molar-refractivity contribution >= 4 is 11.5 Å². The van der Waals surface area contributed by atoms with Crippen LogP contribution < -0.4 is 10.6 Å². The highest BCUT2D eigenvalue weighted by Crippen LogP contribution is 2.27. The Labute approximate surface area is 110 Å². The Kier molecular flexibility index (Phi) is 4.44. The molecule has 0 bridgehead atoms. The summed E-state index contributed by atoms with van der Waals surface area (Å²) < 4.78 is 37.9. The fraction of sp³-hybridized carbons (Fsp3) is 0.462. The largest absolute Gasteiger partial charge is 0.405 e. The molecule has 0 unspecified atom stereocenters. The highest BCUT2D eigenvalue weighted by molar-refractivity contribution is 6.00. The highest BCUT2D eigenvalue weighted by atomic mass is 19.4. The van der Waals surface area contributed by atoms with E-state index in [4.69, 9.17) is 11.1 Å². The number of nitrogen functional groups attached to an aromatic ring is 1. The fourth-order valence-electron chi connectivity index (χ4n) is 1.86. The van der Waals surface area contributed by atoms with E-state index in [1.807, 2.05) is 0 Å². The minimum atomic E-state index is -4.30. The van der Waals surface area contributed by atoms with Gasteiger partial charge in [-0.05, 0) is 32.9 Å². The zero-order valence-electron chi connectivity index (χ0n) is 11.2. The summed E-state index contributed by atoms with van der Waals surface area (Å²) in [4.78, 5) is 1.20. The molecule has 6 heteroatoms. The average molecular weight is 273 g/mol. The number of anilines is 1. The average Bonchev–Trinajstić information content (AvgIpc) is 2.24. The predicted octanol–water partition coefficient (Wildman–Crippen LogP) is 3.06. The first kappa shape index (κ1) is 15.3. The van der Waals surface area contributed by atoms with Crippen molar-refractivity contribution in [1.29, 1.82) is 5.41 Å². The first-order valence-corrected chi connectivity index (χ1v) is 5.90. The van der Waals surface area contributed by atoms with Crippen LogP contribution in [-0.2, 0) is 0 Å². The van der Waals surface area contributed by atoms with Gasteiger partial charge in [-0.25, -0.2) is 0 Å². The van der Waals surface area contributed by atoms with Gasteiger partial charge in [0.1, 0.15) is 12.4 Å². The quantitative estimate of drug-likeness (QED) is 0.654. The summed E-state index contributed by atoms with van der Waals surface area (Å²) in [5.41, 5.74) is 6.98. The summed E-state index contributed by atoms with van der Waals surface area (Å²) in [6.07, 6.45) is -4.30. The number of hydrogen-bond donors (Lipinski definition) is 2. The first-order chi connectivity index (χ1) is 8.61. The van der Waals surface area contributed by atoms with E-state index in [0.717, 1.165) is 5.56 Å². The molecule has 0 spiro atoms. The van der Waals surface area contributed by atoms with Crippen LogP contribution in [0.3, 0.4) is 0 Å². The molecule has 0 aromatic heterocycles. The molecule has 0 aliphatic heterocycles. The van der Waals surface area contributed by atoms with Gasteiger partial charge in [-0.3, -0.25) is 5.41 Å². The Morgan fingerprint density at radius 1 is 1.37 bits per heavy atom. The maximum absolute atomic E-state index is 12.6. The van der Waals surface area contributed by atoms with Crippen molar-refractivity contribution in [1.82, 2.24) is 0 Å². The molecule has 1 aromatic carbocycles. The van der Waals surface area contributed by atoms with Crippen molar-refractivity contribution in [2.75, 3.05) is 11.4 Å². The lowest BCUT2D eigenvalue weighted by Gasteiger charge is -2.31. The minimum absolute atomic E-state index is 0.230. The molecule has 0 saturated carbocycles. The molecule has 106 valence electrons. The molecule has 0 amide bonds. The van der Waals surface area contributed by atoms with Crippen LogP contribution in [0.2, 0.25) is 0 Å². The number of hydrogen-bond acceptors (Lipinski definition) is 2. The summed E-state index contributed by atoms with van der Waals surface area (Å²) in [5, 5.41) is 7.51. The lowest BCUT2D eigenvalue weighted by atomic mass is 10.1. The second kappa shape index (κ2) is 5.50. The normalized spacial score (nSPS) is 11.7. The van der Waals surface area contributed by atoms with Crippen LogP contribution in [0.5, 0.6) is 0 Å². The summed E-state index contributed by atoms with van der Waals surface area (Å²) in [6, 6.07) is 4.58. The molecule has 1 rings (SSSR count). The van der Waals surface area contributed by atoms with Crippen LogP contribution in [0.4, 0.5) is 18.9 Å². The number of nitrogens with two attached hydrogens (primary N) is 1. The first-order valence-electron chi connectivity index (χ1n) is 5.90. The number of amidine groups is 1. The van der Waals surface area contributed by atoms with Gasteiger partial charge in [-0.2, -0.15) is 13.2 Å². The van der Waals surface area contributed by atoms with Crippen molar-refractivity contribution in [3.63, 3.8) is 0 Å². The summed E-state index contributed by atoms with van der Waals surface area (Å²) >= 11 is 0. The van der Waals surface area contributed by atoms with E-state index >= 15 is 0 Å². The molecule has 0 aliphatic carbocycles. The highest BCUT2D eigenvalue weighted by Gasteiger charge is 2.33. The molecule has 0 heterocycles. The molecular formula is C13H18F3N3. The topological polar surface area (TPSA) is 53.1 Å². The lowest BCUT2D eigenvalue weighted by molar-refractivity contribution is -0.120. The van der Waals surface area contributed by atoms with E-state index in [0.29, 0.717) is 11.3 Å². The van der Waals surface area contributed by atoms with Crippen LogP contribution >= 0.6 is 0 Å². The molecule has 0 saturated heterocycles. The molecular weight excluding hydrogens is 255 g/mol. The molecule has 0 atom stereocenters. The zero-order chi connectivity index (χ0) is 14.8. The van der Waals surface area contributed by atoms with Gasteiger partial charge in [0.25, 0.3) is 0 Å². The Hall–Kier alpha value is -1.72. The second-order valence-corrected chi connectivity index (χ2v) is 4.77. The third kappa shape index (κ3) is 4.15. The van der Waals surface area contributed by atoms with Gasteiger partial charge in [0, 0.05) is 17.3 Å². The van der Waals surface area contributed by atoms with Crippen molar-refractivity contribution < 1.29 is 13.2 Å². The Morgan fingerprint density at radius 3 is 2.37 bits per heavy atom. The van der Waals surface area contributed by atoms with E-state index in [1.165, 1.54) is 4.90 Å². The maximum Gasteiger partial charge on any atom is 0.405 e. The molecule has 3 nitrogen and oxygen atoms in total. The van der Waals surface area contributed by atoms with Gasteiger partial charge in [-0.15, -0.1) is 0 Å². The van der Waals surface area contributed by atoms with Crippen molar-refractivity contribution in [3.8, 4) is 0 Å². The SMILES string of the molecule is Cc1ccc(N(CC(F)(F)F)C(C)C)c(C(=N)N)c1. The third-order valence-electron chi connectivity index (χ3n) is 2.72. The second-order valence-electron chi connectivity index (χ2n) is 4.77. The smallest absolute Gasteiger partial charge is 0.384 e. The van der Waals surface area contributed by atoms with Gasteiger partial charge in [0.05, 0.1) is 0 Å². The number of nitrogens with one attached hydrogen (secondary N) is 1. The summed E-state index contributed by atoms with van der Waals surface area (Å²) in [7, 11) is 0. The number of nitrogens with zero attached hydrogens (tertiary/aromatic N) is 1. The summed E-state index contributed by atoms with van der Waals surface area (Å²) in [6.45, 7) is 4.10. The van der Waals surface area contributed by atoms with E-state index in [-0.39, 0.29) is 11.9 Å². The molecule has 3 N–H and O–H groups in total. The molecule has 0 radical (unpaired) electrons. The monoisotopic (exact) mass is 273 g/mol. The Bertz CT molecular complexity index is 467. The van der Waals surface area contributed by atoms with Gasteiger partial charge in [-0.1, -0.05) is 11.6 Å². The predicted molar refractivity (Wildman–Crippen MR) is 70.7 cm³/mol. The Morgan fingerprint density at radius 2 is 1.95 bits per heavy atom. The molecule has 1 aromatic rings. The number of aryl methyl sites for hydroxylation is 1.